The molecule has 1 saturated carbocycles. The van der Waals surface area contributed by atoms with Crippen LogP contribution < -0.4 is 57.1 Å². The van der Waals surface area contributed by atoms with Crippen molar-refractivity contribution in [2.75, 3.05) is 0 Å². The monoisotopic (exact) mass is 265 g/mol. The van der Waals surface area contributed by atoms with E-state index >= 15 is 0 Å². The maximum atomic E-state index is 11.1. The number of rotatable bonds is 4. The number of carboxylic acids is 1. The summed E-state index contributed by atoms with van der Waals surface area (Å²) >= 11 is 0. The van der Waals surface area contributed by atoms with Gasteiger partial charge >= 0.3 is 57.4 Å². The summed E-state index contributed by atoms with van der Waals surface area (Å²) in [5.41, 5.74) is 5.08. The van der Waals surface area contributed by atoms with Crippen LogP contribution in [0.4, 0.5) is 0 Å². The molecule has 1 rings (SSSR count). The fourth-order valence-corrected chi connectivity index (χ4v) is 2.11. The molecule has 0 aliphatic heterocycles. The number of aldehydes is 1. The molecule has 1 amide bonds. The maximum Gasteiger partial charge on any atom is 1.00 e. The zero-order valence-electron chi connectivity index (χ0n) is 9.46. The molecule has 4 unspecified atom stereocenters. The van der Waals surface area contributed by atoms with Crippen molar-refractivity contribution in [3.63, 3.8) is 0 Å². The Morgan fingerprint density at radius 2 is 1.88 bits per heavy atom. The third-order valence-corrected chi connectivity index (χ3v) is 3.05. The van der Waals surface area contributed by atoms with Crippen LogP contribution in [0.5, 0.6) is 0 Å². The first-order chi connectivity index (χ1) is 7.51. The van der Waals surface area contributed by atoms with Gasteiger partial charge in [-0.2, -0.15) is 0 Å². The Balaban J connectivity index is 0.00000256. The van der Waals surface area contributed by atoms with Gasteiger partial charge < -0.3 is 20.4 Å². The van der Waals surface area contributed by atoms with Gasteiger partial charge in [-0.05, 0) is 12.3 Å². The van der Waals surface area contributed by atoms with E-state index in [1.807, 2.05) is 0 Å². The fraction of sp³-hybridized carbons (Fsp3) is 0.600. The third kappa shape index (κ3) is 3.96. The molecule has 1 aliphatic rings. The molecular formula is C10H12KNO5. The zero-order valence-corrected chi connectivity index (χ0v) is 12.6. The minimum atomic E-state index is -1.17. The van der Waals surface area contributed by atoms with Crippen molar-refractivity contribution >= 4 is 24.4 Å². The normalized spacial score (nSPS) is 32.0. The third-order valence-electron chi connectivity index (χ3n) is 3.05. The van der Waals surface area contributed by atoms with Gasteiger partial charge in [-0.15, -0.1) is 5.92 Å². The van der Waals surface area contributed by atoms with E-state index < -0.39 is 35.5 Å². The van der Waals surface area contributed by atoms with Crippen LogP contribution in [0.1, 0.15) is 12.8 Å². The van der Waals surface area contributed by atoms with E-state index in [1.54, 1.807) is 6.29 Å². The summed E-state index contributed by atoms with van der Waals surface area (Å²) in [6.45, 7) is 0. The van der Waals surface area contributed by atoms with E-state index in [1.165, 1.54) is 0 Å². The predicted molar refractivity (Wildman–Crippen MR) is 51.8 cm³/mol. The average Bonchev–Trinajstić information content (AvgIpc) is 2.26. The minimum absolute atomic E-state index is 0. The summed E-state index contributed by atoms with van der Waals surface area (Å²) in [4.78, 5) is 43.2. The SMILES string of the molecule is NC(=O)C1CC([C-]=O)C(C=O)CC1C(=O)O.[K+]. The molecular weight excluding hydrogens is 253 g/mol. The van der Waals surface area contributed by atoms with Crippen LogP contribution in [0.15, 0.2) is 0 Å². The number of hydrogen-bond acceptors (Lipinski definition) is 4. The van der Waals surface area contributed by atoms with Crippen molar-refractivity contribution in [1.29, 1.82) is 0 Å². The molecule has 0 aromatic rings. The number of amides is 1. The standard InChI is InChI=1S/C10H12NO5.K/c11-9(14)7-1-5(3-12)6(4-13)2-8(7)10(15)16;/h4-8H,1-2H2,(H2,11,14)(H,15,16);/q-1;+1. The van der Waals surface area contributed by atoms with Crippen molar-refractivity contribution < 1.29 is 75.7 Å². The summed E-state index contributed by atoms with van der Waals surface area (Å²) in [5, 5.41) is 8.91. The van der Waals surface area contributed by atoms with Crippen LogP contribution in [-0.2, 0) is 19.2 Å². The number of nitrogens with two attached hydrogens (primary N) is 1. The molecule has 0 aromatic heterocycles. The first-order valence-corrected chi connectivity index (χ1v) is 4.86. The minimum Gasteiger partial charge on any atom is -0.541 e. The van der Waals surface area contributed by atoms with Crippen LogP contribution in [0, 0.1) is 23.7 Å². The second kappa shape index (κ2) is 7.37. The van der Waals surface area contributed by atoms with Gasteiger partial charge in [-0.1, -0.05) is 6.42 Å². The van der Waals surface area contributed by atoms with Crippen molar-refractivity contribution in [1.82, 2.24) is 0 Å². The zero-order chi connectivity index (χ0) is 12.3. The van der Waals surface area contributed by atoms with E-state index in [-0.39, 0.29) is 64.2 Å². The van der Waals surface area contributed by atoms with Crippen LogP contribution in [0.2, 0.25) is 0 Å². The van der Waals surface area contributed by atoms with Gasteiger partial charge in [-0.3, -0.25) is 15.9 Å². The molecule has 0 saturated heterocycles. The number of primary amides is 1. The quantitative estimate of drug-likeness (QED) is 0.306. The Labute approximate surface area is 141 Å². The molecule has 4 atom stereocenters. The molecule has 88 valence electrons. The molecule has 0 spiro atoms. The van der Waals surface area contributed by atoms with Crippen LogP contribution in [0.3, 0.4) is 0 Å². The fourth-order valence-electron chi connectivity index (χ4n) is 2.11. The second-order valence-electron chi connectivity index (χ2n) is 3.95. The van der Waals surface area contributed by atoms with E-state index in [2.05, 4.69) is 0 Å². The van der Waals surface area contributed by atoms with E-state index in [4.69, 9.17) is 10.8 Å². The molecule has 6 nitrogen and oxygen atoms in total. The molecule has 0 bridgehead atoms. The summed E-state index contributed by atoms with van der Waals surface area (Å²) in [6.07, 6.45) is 2.16. The van der Waals surface area contributed by atoms with Gasteiger partial charge in [0.05, 0.1) is 5.92 Å². The van der Waals surface area contributed by atoms with Gasteiger partial charge in [0.25, 0.3) is 0 Å². The summed E-state index contributed by atoms with van der Waals surface area (Å²) in [5.74, 6) is -5.23. The van der Waals surface area contributed by atoms with E-state index in [9.17, 15) is 19.2 Å². The second-order valence-corrected chi connectivity index (χ2v) is 3.95. The summed E-state index contributed by atoms with van der Waals surface area (Å²) < 4.78 is 0. The number of carbonyl (C=O) groups is 3. The molecule has 7 heteroatoms. The summed E-state index contributed by atoms with van der Waals surface area (Å²) in [6, 6.07) is 0. The molecule has 0 radical (unpaired) electrons. The summed E-state index contributed by atoms with van der Waals surface area (Å²) in [7, 11) is 0. The molecule has 3 N–H and O–H groups in total. The van der Waals surface area contributed by atoms with Crippen molar-refractivity contribution in [2.24, 2.45) is 29.4 Å². The number of carboxylic acid groups (broad SMARTS) is 1. The molecule has 1 fully saturated rings. The van der Waals surface area contributed by atoms with E-state index in [0.717, 1.165) is 0 Å². The topological polar surface area (TPSA) is 115 Å². The number of aliphatic carboxylic acids is 1. The van der Waals surface area contributed by atoms with Crippen LogP contribution >= 0.6 is 0 Å². The first kappa shape index (κ1) is 16.9. The van der Waals surface area contributed by atoms with Gasteiger partial charge in [0.15, 0.2) is 0 Å². The molecule has 0 heterocycles. The first-order valence-electron chi connectivity index (χ1n) is 4.86. The number of carbonyl (C=O) groups excluding carboxylic acids is 3. The van der Waals surface area contributed by atoms with E-state index in [0.29, 0.717) is 6.29 Å². The maximum absolute atomic E-state index is 11.1. The molecule has 17 heavy (non-hydrogen) atoms. The predicted octanol–water partition coefficient (Wildman–Crippen LogP) is -3.87. The largest absolute Gasteiger partial charge is 1.00 e. The van der Waals surface area contributed by atoms with Crippen molar-refractivity contribution in [2.45, 2.75) is 12.8 Å². The Kier molecular flexibility index (Phi) is 7.34. The van der Waals surface area contributed by atoms with Gasteiger partial charge in [-0.25, -0.2) is 0 Å². The molecule has 0 aromatic carbocycles. The van der Waals surface area contributed by atoms with Gasteiger partial charge in [0.2, 0.25) is 5.91 Å². The Morgan fingerprint density at radius 3 is 2.24 bits per heavy atom. The van der Waals surface area contributed by atoms with Crippen molar-refractivity contribution in [3.05, 3.63) is 0 Å². The van der Waals surface area contributed by atoms with Gasteiger partial charge in [0, 0.05) is 5.92 Å². The average molecular weight is 265 g/mol. The Bertz CT molecular complexity index is 301. The Hall–Kier alpha value is -0.0836. The van der Waals surface area contributed by atoms with Crippen LogP contribution in [0.25, 0.3) is 0 Å². The van der Waals surface area contributed by atoms with Crippen LogP contribution in [-0.4, -0.2) is 29.6 Å². The van der Waals surface area contributed by atoms with Gasteiger partial charge in [0.1, 0.15) is 6.29 Å². The number of hydrogen-bond donors (Lipinski definition) is 2. The smallest absolute Gasteiger partial charge is 0.541 e. The van der Waals surface area contributed by atoms with Crippen molar-refractivity contribution in [3.8, 4) is 0 Å². The molecule has 1 aliphatic carbocycles. The Morgan fingerprint density at radius 1 is 1.29 bits per heavy atom.